The molecule has 1 heterocycles. The smallest absolute Gasteiger partial charge is 0.0511 e. The maximum absolute atomic E-state index is 3.61. The molecule has 1 aromatic rings. The van der Waals surface area contributed by atoms with Gasteiger partial charge < -0.3 is 4.90 Å². The van der Waals surface area contributed by atoms with Gasteiger partial charge in [-0.05, 0) is 40.9 Å². The third-order valence-corrected chi connectivity index (χ3v) is 4.42. The van der Waals surface area contributed by atoms with Crippen molar-refractivity contribution < 1.29 is 0 Å². The molecular weight excluding hydrogens is 250 g/mol. The second-order valence-electron chi connectivity index (χ2n) is 4.51. The first-order valence-corrected chi connectivity index (χ1v) is 6.49. The van der Waals surface area contributed by atoms with Gasteiger partial charge in [-0.15, -0.1) is 0 Å². The Hall–Kier alpha value is -0.500. The number of para-hydroxylation sites is 1. The van der Waals surface area contributed by atoms with Crippen molar-refractivity contribution in [2.45, 2.75) is 26.7 Å². The summed E-state index contributed by atoms with van der Waals surface area (Å²) in [5, 5.41) is 0. The van der Waals surface area contributed by atoms with E-state index in [9.17, 15) is 0 Å². The fraction of sp³-hybridized carbons (Fsp3) is 0.538. The number of anilines is 1. The predicted octanol–water partition coefficient (Wildman–Crippen LogP) is 4.08. The Kier molecular flexibility index (Phi) is 3.06. The van der Waals surface area contributed by atoms with Gasteiger partial charge in [-0.25, -0.2) is 0 Å². The highest BCUT2D eigenvalue weighted by atomic mass is 79.9. The van der Waals surface area contributed by atoms with Gasteiger partial charge in [0.05, 0.1) is 5.69 Å². The summed E-state index contributed by atoms with van der Waals surface area (Å²) in [6.07, 6.45) is 2.59. The molecule has 2 rings (SSSR count). The first kappa shape index (κ1) is 11.0. The monoisotopic (exact) mass is 267 g/mol. The van der Waals surface area contributed by atoms with Crippen molar-refractivity contribution in [3.8, 4) is 0 Å². The number of hydrogen-bond acceptors (Lipinski definition) is 1. The summed E-state index contributed by atoms with van der Waals surface area (Å²) < 4.78 is 1.21. The van der Waals surface area contributed by atoms with Crippen molar-refractivity contribution in [1.82, 2.24) is 0 Å². The van der Waals surface area contributed by atoms with Crippen LogP contribution in [0.3, 0.4) is 0 Å². The molecule has 1 fully saturated rings. The van der Waals surface area contributed by atoms with Crippen molar-refractivity contribution in [3.05, 3.63) is 28.7 Å². The highest BCUT2D eigenvalue weighted by Gasteiger charge is 2.40. The second-order valence-corrected chi connectivity index (χ2v) is 5.37. The Morgan fingerprint density at radius 2 is 1.80 bits per heavy atom. The lowest BCUT2D eigenvalue weighted by Gasteiger charge is -2.51. The molecule has 1 saturated heterocycles. The molecule has 0 radical (unpaired) electrons. The molecule has 82 valence electrons. The van der Waals surface area contributed by atoms with Gasteiger partial charge in [0.15, 0.2) is 0 Å². The van der Waals surface area contributed by atoms with E-state index in [-0.39, 0.29) is 0 Å². The zero-order valence-corrected chi connectivity index (χ0v) is 11.0. The summed E-state index contributed by atoms with van der Waals surface area (Å²) in [6.45, 7) is 7.03. The van der Waals surface area contributed by atoms with Gasteiger partial charge in [0.1, 0.15) is 0 Å². The van der Waals surface area contributed by atoms with Gasteiger partial charge in [-0.3, -0.25) is 0 Å². The Bertz CT molecular complexity index is 336. The normalized spacial score (nSPS) is 18.7. The minimum Gasteiger partial charge on any atom is -0.369 e. The Labute approximate surface area is 101 Å². The average molecular weight is 268 g/mol. The van der Waals surface area contributed by atoms with E-state index in [0.717, 1.165) is 0 Å². The van der Waals surface area contributed by atoms with Crippen LogP contribution in [-0.4, -0.2) is 13.1 Å². The zero-order valence-electron chi connectivity index (χ0n) is 9.46. The highest BCUT2D eigenvalue weighted by Crippen LogP contribution is 2.41. The van der Waals surface area contributed by atoms with Crippen molar-refractivity contribution in [2.24, 2.45) is 5.41 Å². The minimum absolute atomic E-state index is 0.579. The molecule has 2 heteroatoms. The van der Waals surface area contributed by atoms with Gasteiger partial charge in [0.25, 0.3) is 0 Å². The van der Waals surface area contributed by atoms with Crippen molar-refractivity contribution >= 4 is 21.6 Å². The summed E-state index contributed by atoms with van der Waals surface area (Å²) in [4.78, 5) is 2.47. The molecular formula is C13H18BrN. The topological polar surface area (TPSA) is 3.24 Å². The van der Waals surface area contributed by atoms with E-state index in [1.165, 1.54) is 36.1 Å². The van der Waals surface area contributed by atoms with Crippen LogP contribution in [0.4, 0.5) is 5.69 Å². The molecule has 0 bridgehead atoms. The lowest BCUT2D eigenvalue weighted by atomic mass is 9.75. The molecule has 0 saturated carbocycles. The maximum Gasteiger partial charge on any atom is 0.0511 e. The Morgan fingerprint density at radius 3 is 2.33 bits per heavy atom. The molecule has 1 aliphatic rings. The van der Waals surface area contributed by atoms with E-state index in [0.29, 0.717) is 5.41 Å². The van der Waals surface area contributed by atoms with Gasteiger partial charge in [-0.1, -0.05) is 26.0 Å². The number of hydrogen-bond donors (Lipinski definition) is 0. The van der Waals surface area contributed by atoms with Gasteiger partial charge in [-0.2, -0.15) is 0 Å². The first-order chi connectivity index (χ1) is 7.21. The molecule has 1 nitrogen and oxygen atoms in total. The maximum atomic E-state index is 3.61. The fourth-order valence-electron chi connectivity index (χ4n) is 2.34. The summed E-state index contributed by atoms with van der Waals surface area (Å²) >= 11 is 3.61. The Balaban J connectivity index is 2.09. The molecule has 0 spiro atoms. The average Bonchev–Trinajstić information content (AvgIpc) is 2.20. The lowest BCUT2D eigenvalue weighted by molar-refractivity contribution is 0.194. The van der Waals surface area contributed by atoms with Crippen LogP contribution in [0.5, 0.6) is 0 Å². The minimum atomic E-state index is 0.579. The number of benzene rings is 1. The molecule has 0 atom stereocenters. The fourth-order valence-corrected chi connectivity index (χ4v) is 2.87. The molecule has 15 heavy (non-hydrogen) atoms. The largest absolute Gasteiger partial charge is 0.369 e. The second kappa shape index (κ2) is 4.17. The lowest BCUT2D eigenvalue weighted by Crippen LogP contribution is -2.56. The van der Waals surface area contributed by atoms with Crippen LogP contribution in [0.1, 0.15) is 26.7 Å². The van der Waals surface area contributed by atoms with Gasteiger partial charge in [0, 0.05) is 23.0 Å². The van der Waals surface area contributed by atoms with E-state index < -0.39 is 0 Å². The SMILES string of the molecule is CCC1(CC)CN(c2ccccc2Br)C1. The summed E-state index contributed by atoms with van der Waals surface area (Å²) in [7, 11) is 0. The standard InChI is InChI=1S/C13H18BrN/c1-3-13(4-2)9-15(10-13)12-8-6-5-7-11(12)14/h5-8H,3-4,9-10H2,1-2H3. The van der Waals surface area contributed by atoms with Crippen LogP contribution >= 0.6 is 15.9 Å². The van der Waals surface area contributed by atoms with Crippen LogP contribution < -0.4 is 4.90 Å². The van der Waals surface area contributed by atoms with Crippen molar-refractivity contribution in [3.63, 3.8) is 0 Å². The van der Waals surface area contributed by atoms with Gasteiger partial charge in [0.2, 0.25) is 0 Å². The van der Waals surface area contributed by atoms with Crippen LogP contribution in [0, 0.1) is 5.41 Å². The quantitative estimate of drug-likeness (QED) is 0.798. The van der Waals surface area contributed by atoms with Crippen molar-refractivity contribution in [2.75, 3.05) is 18.0 Å². The zero-order chi connectivity index (χ0) is 10.9. The molecule has 0 aliphatic carbocycles. The predicted molar refractivity (Wildman–Crippen MR) is 69.4 cm³/mol. The highest BCUT2D eigenvalue weighted by molar-refractivity contribution is 9.10. The third kappa shape index (κ3) is 1.92. The van der Waals surface area contributed by atoms with Crippen LogP contribution in [-0.2, 0) is 0 Å². The van der Waals surface area contributed by atoms with E-state index in [1.54, 1.807) is 0 Å². The van der Waals surface area contributed by atoms with E-state index in [1.807, 2.05) is 0 Å². The molecule has 0 amide bonds. The molecule has 1 aromatic carbocycles. The molecule has 0 aromatic heterocycles. The van der Waals surface area contributed by atoms with E-state index in [4.69, 9.17) is 0 Å². The molecule has 0 unspecified atom stereocenters. The number of halogens is 1. The van der Waals surface area contributed by atoms with Crippen LogP contribution in [0.2, 0.25) is 0 Å². The van der Waals surface area contributed by atoms with Gasteiger partial charge >= 0.3 is 0 Å². The first-order valence-electron chi connectivity index (χ1n) is 5.70. The van der Waals surface area contributed by atoms with E-state index in [2.05, 4.69) is 58.9 Å². The Morgan fingerprint density at radius 1 is 1.20 bits per heavy atom. The molecule has 0 N–H and O–H groups in total. The summed E-state index contributed by atoms with van der Waals surface area (Å²) in [5.74, 6) is 0. The third-order valence-electron chi connectivity index (χ3n) is 3.75. The summed E-state index contributed by atoms with van der Waals surface area (Å²) in [5.41, 5.74) is 1.92. The van der Waals surface area contributed by atoms with Crippen LogP contribution in [0.15, 0.2) is 28.7 Å². The number of rotatable bonds is 3. The molecule has 1 aliphatic heterocycles. The van der Waals surface area contributed by atoms with Crippen molar-refractivity contribution in [1.29, 1.82) is 0 Å². The van der Waals surface area contributed by atoms with E-state index >= 15 is 0 Å². The van der Waals surface area contributed by atoms with Crippen LogP contribution in [0.25, 0.3) is 0 Å². The number of nitrogens with zero attached hydrogens (tertiary/aromatic N) is 1. The summed E-state index contributed by atoms with van der Waals surface area (Å²) in [6, 6.07) is 8.49.